The van der Waals surface area contributed by atoms with E-state index in [0.29, 0.717) is 6.42 Å². The summed E-state index contributed by atoms with van der Waals surface area (Å²) in [6.45, 7) is 2.12. The summed E-state index contributed by atoms with van der Waals surface area (Å²) in [5.41, 5.74) is 3.24. The molecule has 2 aromatic carbocycles. The normalized spacial score (nSPS) is 11.8. The van der Waals surface area contributed by atoms with Gasteiger partial charge in [0.05, 0.1) is 6.42 Å². The van der Waals surface area contributed by atoms with Gasteiger partial charge in [-0.25, -0.2) is 0 Å². The molecule has 0 aliphatic carbocycles. The number of carbonyl (C=O) groups excluding carboxylic acids is 1. The van der Waals surface area contributed by atoms with Crippen LogP contribution in [0.3, 0.4) is 0 Å². The number of anilines is 1. The van der Waals surface area contributed by atoms with Crippen molar-refractivity contribution >= 4 is 34.2 Å². The first-order chi connectivity index (χ1) is 10.1. The minimum atomic E-state index is 0.0196. The summed E-state index contributed by atoms with van der Waals surface area (Å²) < 4.78 is 1.23. The Balaban J connectivity index is 2.15. The Kier molecular flexibility index (Phi) is 5.61. The number of halogens is 1. The van der Waals surface area contributed by atoms with Crippen LogP contribution in [0.1, 0.15) is 24.1 Å². The number of carbonyl (C=O) groups is 1. The Morgan fingerprint density at radius 2 is 1.81 bits per heavy atom. The van der Waals surface area contributed by atoms with Crippen LogP contribution in [0.2, 0.25) is 0 Å². The Hall–Kier alpha value is -1.56. The van der Waals surface area contributed by atoms with Crippen molar-refractivity contribution in [2.45, 2.75) is 19.4 Å². The minimum Gasteiger partial charge on any atom is -0.378 e. The van der Waals surface area contributed by atoms with E-state index in [2.05, 4.69) is 64.4 Å². The lowest BCUT2D eigenvalue weighted by molar-refractivity contribution is -0.119. The number of likely N-dealkylation sites (N-methyl/N-ethyl adjacent to an activating group) is 1. The van der Waals surface area contributed by atoms with Gasteiger partial charge in [-0.1, -0.05) is 30.3 Å². The van der Waals surface area contributed by atoms with Gasteiger partial charge in [-0.3, -0.25) is 4.79 Å². The Morgan fingerprint density at radius 3 is 2.48 bits per heavy atom. The summed E-state index contributed by atoms with van der Waals surface area (Å²) in [7, 11) is 1.66. The van der Waals surface area contributed by atoms with Gasteiger partial charge in [-0.2, -0.15) is 0 Å². The van der Waals surface area contributed by atoms with Crippen LogP contribution in [0.5, 0.6) is 0 Å². The number of hydrogen-bond acceptors (Lipinski definition) is 2. The quantitative estimate of drug-likeness (QED) is 0.759. The maximum Gasteiger partial charge on any atom is 0.224 e. The number of hydrogen-bond donors (Lipinski definition) is 2. The average molecular weight is 394 g/mol. The van der Waals surface area contributed by atoms with Crippen molar-refractivity contribution in [3.05, 3.63) is 63.2 Å². The molecular formula is C17H19IN2O. The van der Waals surface area contributed by atoms with Crippen molar-refractivity contribution in [3.63, 3.8) is 0 Å². The molecule has 0 bridgehead atoms. The second kappa shape index (κ2) is 7.45. The van der Waals surface area contributed by atoms with E-state index in [1.165, 1.54) is 9.13 Å². The second-order valence-corrected chi connectivity index (χ2v) is 6.17. The van der Waals surface area contributed by atoms with Crippen LogP contribution in [0, 0.1) is 3.57 Å². The highest BCUT2D eigenvalue weighted by atomic mass is 127. The van der Waals surface area contributed by atoms with E-state index < -0.39 is 0 Å². The average Bonchev–Trinajstić information content (AvgIpc) is 2.49. The summed E-state index contributed by atoms with van der Waals surface area (Å²) in [5.74, 6) is 0.0196. The van der Waals surface area contributed by atoms with Crippen LogP contribution >= 0.6 is 22.6 Å². The predicted molar refractivity (Wildman–Crippen MR) is 95.4 cm³/mol. The summed E-state index contributed by atoms with van der Waals surface area (Å²) in [4.78, 5) is 11.6. The highest BCUT2D eigenvalue weighted by molar-refractivity contribution is 14.1. The van der Waals surface area contributed by atoms with Gasteiger partial charge >= 0.3 is 0 Å². The molecule has 0 aliphatic rings. The third kappa shape index (κ3) is 4.46. The van der Waals surface area contributed by atoms with E-state index >= 15 is 0 Å². The van der Waals surface area contributed by atoms with Gasteiger partial charge in [-0.05, 0) is 58.8 Å². The zero-order chi connectivity index (χ0) is 15.2. The Labute approximate surface area is 139 Å². The van der Waals surface area contributed by atoms with Gasteiger partial charge in [0, 0.05) is 22.3 Å². The molecule has 21 heavy (non-hydrogen) atoms. The largest absolute Gasteiger partial charge is 0.378 e. The molecule has 1 unspecified atom stereocenters. The fraction of sp³-hybridized carbons (Fsp3) is 0.235. The molecule has 0 aromatic heterocycles. The molecular weight excluding hydrogens is 375 g/mol. The van der Waals surface area contributed by atoms with Crippen molar-refractivity contribution in [1.82, 2.24) is 5.32 Å². The topological polar surface area (TPSA) is 41.1 Å². The van der Waals surface area contributed by atoms with E-state index in [-0.39, 0.29) is 11.9 Å². The molecule has 1 amide bonds. The maximum absolute atomic E-state index is 11.6. The number of nitrogens with one attached hydrogen (secondary N) is 2. The van der Waals surface area contributed by atoms with Crippen LogP contribution in [0.15, 0.2) is 48.5 Å². The number of benzene rings is 2. The van der Waals surface area contributed by atoms with E-state index in [0.717, 1.165) is 11.3 Å². The van der Waals surface area contributed by atoms with Gasteiger partial charge in [0.25, 0.3) is 0 Å². The molecule has 0 saturated carbocycles. The number of para-hydroxylation sites is 1. The Bertz CT molecular complexity index is 610. The lowest BCUT2D eigenvalue weighted by Crippen LogP contribution is -2.20. The monoisotopic (exact) mass is 394 g/mol. The van der Waals surface area contributed by atoms with Crippen LogP contribution in [0.25, 0.3) is 0 Å². The van der Waals surface area contributed by atoms with Crippen molar-refractivity contribution < 1.29 is 4.79 Å². The van der Waals surface area contributed by atoms with Crippen LogP contribution in [-0.4, -0.2) is 13.0 Å². The summed E-state index contributed by atoms with van der Waals surface area (Å²) in [6.07, 6.45) is 0.388. The van der Waals surface area contributed by atoms with Gasteiger partial charge in [0.15, 0.2) is 0 Å². The summed E-state index contributed by atoms with van der Waals surface area (Å²) >= 11 is 2.30. The first-order valence-corrected chi connectivity index (χ1v) is 7.98. The second-order valence-electron chi connectivity index (χ2n) is 4.92. The molecule has 0 fully saturated rings. The molecule has 0 aliphatic heterocycles. The lowest BCUT2D eigenvalue weighted by Gasteiger charge is -2.18. The summed E-state index contributed by atoms with van der Waals surface area (Å²) in [6, 6.07) is 16.6. The van der Waals surface area contributed by atoms with E-state index in [1.54, 1.807) is 7.05 Å². The third-order valence-corrected chi connectivity index (χ3v) is 4.11. The molecule has 0 radical (unpaired) electrons. The zero-order valence-corrected chi connectivity index (χ0v) is 14.3. The SMILES string of the molecule is CNC(=O)Cc1ccccc1NC(C)c1ccc(I)cc1. The highest BCUT2D eigenvalue weighted by Crippen LogP contribution is 2.23. The van der Waals surface area contributed by atoms with Gasteiger partial charge in [0.1, 0.15) is 0 Å². The summed E-state index contributed by atoms with van der Waals surface area (Å²) in [5, 5.41) is 6.16. The minimum absolute atomic E-state index is 0.0196. The number of rotatable bonds is 5. The predicted octanol–water partition coefficient (Wildman–Crippen LogP) is 3.75. The lowest BCUT2D eigenvalue weighted by atomic mass is 10.1. The molecule has 2 rings (SSSR count). The molecule has 110 valence electrons. The molecule has 1 atom stereocenters. The van der Waals surface area contributed by atoms with Crippen molar-refractivity contribution in [3.8, 4) is 0 Å². The van der Waals surface area contributed by atoms with Crippen LogP contribution in [0.4, 0.5) is 5.69 Å². The molecule has 2 N–H and O–H groups in total. The first kappa shape index (κ1) is 15.8. The maximum atomic E-state index is 11.6. The van der Waals surface area contributed by atoms with Gasteiger partial charge < -0.3 is 10.6 Å². The fourth-order valence-electron chi connectivity index (χ4n) is 2.14. The molecule has 0 spiro atoms. The van der Waals surface area contributed by atoms with Crippen LogP contribution < -0.4 is 10.6 Å². The Morgan fingerprint density at radius 1 is 1.14 bits per heavy atom. The highest BCUT2D eigenvalue weighted by Gasteiger charge is 2.10. The third-order valence-electron chi connectivity index (χ3n) is 3.39. The van der Waals surface area contributed by atoms with Gasteiger partial charge in [-0.15, -0.1) is 0 Å². The van der Waals surface area contributed by atoms with E-state index in [4.69, 9.17) is 0 Å². The van der Waals surface area contributed by atoms with Gasteiger partial charge in [0.2, 0.25) is 5.91 Å². The molecule has 4 heteroatoms. The first-order valence-electron chi connectivity index (χ1n) is 6.90. The van der Waals surface area contributed by atoms with Crippen LogP contribution in [-0.2, 0) is 11.2 Å². The van der Waals surface area contributed by atoms with Crippen molar-refractivity contribution in [1.29, 1.82) is 0 Å². The zero-order valence-electron chi connectivity index (χ0n) is 12.2. The van der Waals surface area contributed by atoms with E-state index in [9.17, 15) is 4.79 Å². The molecule has 0 saturated heterocycles. The van der Waals surface area contributed by atoms with Crippen molar-refractivity contribution in [2.24, 2.45) is 0 Å². The molecule has 0 heterocycles. The standard InChI is InChI=1S/C17H19IN2O/c1-12(13-7-9-15(18)10-8-13)20-16-6-4-3-5-14(16)11-17(21)19-2/h3-10,12,20H,11H2,1-2H3,(H,19,21). The smallest absolute Gasteiger partial charge is 0.224 e. The fourth-order valence-corrected chi connectivity index (χ4v) is 2.50. The van der Waals surface area contributed by atoms with Crippen molar-refractivity contribution in [2.75, 3.05) is 12.4 Å². The number of amides is 1. The van der Waals surface area contributed by atoms with E-state index in [1.807, 2.05) is 24.3 Å². The molecule has 3 nitrogen and oxygen atoms in total. The molecule has 2 aromatic rings.